The number of benzene rings is 1. The molecule has 0 aliphatic carbocycles. The normalized spacial score (nSPS) is 10.2. The van der Waals surface area contributed by atoms with E-state index in [2.05, 4.69) is 25.6 Å². The first kappa shape index (κ1) is 17.2. The number of aromatic nitrogens is 3. The molecule has 2 amide bonds. The van der Waals surface area contributed by atoms with Gasteiger partial charge >= 0.3 is 0 Å². The van der Waals surface area contributed by atoms with E-state index in [1.807, 2.05) is 6.07 Å². The van der Waals surface area contributed by atoms with E-state index in [-0.39, 0.29) is 17.5 Å². The molecule has 7 heteroatoms. The number of nitrogens with one attached hydrogen (secondary N) is 2. The molecule has 0 radical (unpaired) electrons. The molecule has 0 unspecified atom stereocenters. The summed E-state index contributed by atoms with van der Waals surface area (Å²) in [5.74, 6) is -0.507. The highest BCUT2D eigenvalue weighted by molar-refractivity contribution is 6.04. The minimum atomic E-state index is -0.354. The highest BCUT2D eigenvalue weighted by atomic mass is 16.2. The Morgan fingerprint density at radius 1 is 0.962 bits per heavy atom. The van der Waals surface area contributed by atoms with Crippen molar-refractivity contribution in [3.05, 3.63) is 66.4 Å². The Morgan fingerprint density at radius 3 is 2.27 bits per heavy atom. The Bertz CT molecular complexity index is 940. The first-order valence-electron chi connectivity index (χ1n) is 7.96. The van der Waals surface area contributed by atoms with Crippen molar-refractivity contribution in [3.8, 4) is 11.3 Å². The van der Waals surface area contributed by atoms with Crippen LogP contribution in [0, 0.1) is 6.92 Å². The van der Waals surface area contributed by atoms with Crippen LogP contribution in [0.1, 0.15) is 23.1 Å². The number of nitrogens with zero attached hydrogens (tertiary/aromatic N) is 3. The number of carbonyl (C=O) groups is 2. The molecule has 0 fully saturated rings. The molecular weight excluding hydrogens is 330 g/mol. The quantitative estimate of drug-likeness (QED) is 0.756. The number of rotatable bonds is 4. The minimum Gasteiger partial charge on any atom is -0.326 e. The van der Waals surface area contributed by atoms with Gasteiger partial charge in [0.2, 0.25) is 5.91 Å². The van der Waals surface area contributed by atoms with Crippen molar-refractivity contribution in [1.82, 2.24) is 15.0 Å². The third-order valence-corrected chi connectivity index (χ3v) is 3.59. The largest absolute Gasteiger partial charge is 0.326 e. The predicted molar refractivity (Wildman–Crippen MR) is 98.7 cm³/mol. The topological polar surface area (TPSA) is 96.9 Å². The summed E-state index contributed by atoms with van der Waals surface area (Å²) in [5.41, 5.74) is 3.40. The van der Waals surface area contributed by atoms with Crippen molar-refractivity contribution in [3.63, 3.8) is 0 Å². The number of pyridine rings is 1. The van der Waals surface area contributed by atoms with Crippen molar-refractivity contribution in [2.45, 2.75) is 13.8 Å². The first-order chi connectivity index (χ1) is 12.5. The summed E-state index contributed by atoms with van der Waals surface area (Å²) in [6.45, 7) is 3.17. The fourth-order valence-electron chi connectivity index (χ4n) is 2.35. The molecule has 2 N–H and O–H groups in total. The van der Waals surface area contributed by atoms with Crippen LogP contribution in [0.2, 0.25) is 0 Å². The zero-order chi connectivity index (χ0) is 18.5. The Hall–Kier alpha value is -3.61. The lowest BCUT2D eigenvalue weighted by Crippen LogP contribution is -2.16. The van der Waals surface area contributed by atoms with Gasteiger partial charge in [-0.1, -0.05) is 0 Å². The molecule has 3 rings (SSSR count). The maximum Gasteiger partial charge on any atom is 0.276 e. The molecule has 3 aromatic rings. The van der Waals surface area contributed by atoms with Gasteiger partial charge in [0.25, 0.3) is 5.91 Å². The summed E-state index contributed by atoms with van der Waals surface area (Å²) in [6.07, 6.45) is 4.95. The second kappa shape index (κ2) is 7.52. The van der Waals surface area contributed by atoms with Crippen LogP contribution in [0.3, 0.4) is 0 Å². The lowest BCUT2D eigenvalue weighted by atomic mass is 10.2. The minimum absolute atomic E-state index is 0.153. The maximum atomic E-state index is 12.6. The predicted octanol–water partition coefficient (Wildman–Crippen LogP) is 3.06. The molecule has 2 aromatic heterocycles. The Kier molecular flexibility index (Phi) is 4.98. The molecule has 130 valence electrons. The Balaban J connectivity index is 1.80. The molecule has 26 heavy (non-hydrogen) atoms. The lowest BCUT2D eigenvalue weighted by Gasteiger charge is -2.09. The summed E-state index contributed by atoms with van der Waals surface area (Å²) >= 11 is 0. The average molecular weight is 347 g/mol. The number of carbonyl (C=O) groups excluding carboxylic acids is 2. The molecule has 0 bridgehead atoms. The molecule has 0 spiro atoms. The number of amides is 2. The third-order valence-electron chi connectivity index (χ3n) is 3.59. The standard InChI is InChI=1S/C19H17N5O2/c1-12-18(24-17(11-21-12)14-4-3-9-20-10-14)19(26)23-16-7-5-15(6-8-16)22-13(2)25/h3-11H,1-2H3,(H,22,25)(H,23,26). The second-order valence-corrected chi connectivity index (χ2v) is 5.64. The molecule has 1 aromatic carbocycles. The van der Waals surface area contributed by atoms with E-state index in [9.17, 15) is 9.59 Å². The van der Waals surface area contributed by atoms with E-state index in [4.69, 9.17) is 0 Å². The van der Waals surface area contributed by atoms with Gasteiger partial charge in [0.1, 0.15) is 5.69 Å². The van der Waals surface area contributed by atoms with Gasteiger partial charge in [-0.2, -0.15) is 0 Å². The fraction of sp³-hybridized carbons (Fsp3) is 0.105. The lowest BCUT2D eigenvalue weighted by molar-refractivity contribution is -0.114. The van der Waals surface area contributed by atoms with E-state index >= 15 is 0 Å². The van der Waals surface area contributed by atoms with E-state index < -0.39 is 0 Å². The van der Waals surface area contributed by atoms with Crippen molar-refractivity contribution >= 4 is 23.2 Å². The first-order valence-corrected chi connectivity index (χ1v) is 7.96. The summed E-state index contributed by atoms with van der Waals surface area (Å²) in [5, 5.41) is 5.46. The summed E-state index contributed by atoms with van der Waals surface area (Å²) in [6, 6.07) is 10.5. The van der Waals surface area contributed by atoms with Crippen LogP contribution in [0.4, 0.5) is 11.4 Å². The van der Waals surface area contributed by atoms with Crippen LogP contribution >= 0.6 is 0 Å². The SMILES string of the molecule is CC(=O)Nc1ccc(NC(=O)c2nc(-c3cccnc3)cnc2C)cc1. The highest BCUT2D eigenvalue weighted by Crippen LogP contribution is 2.18. The number of hydrogen-bond donors (Lipinski definition) is 2. The number of hydrogen-bond acceptors (Lipinski definition) is 5. The van der Waals surface area contributed by atoms with Crippen LogP contribution in [0.5, 0.6) is 0 Å². The van der Waals surface area contributed by atoms with E-state index in [1.54, 1.807) is 55.8 Å². The number of anilines is 2. The summed E-state index contributed by atoms with van der Waals surface area (Å²) < 4.78 is 0. The molecule has 0 aliphatic heterocycles. The van der Waals surface area contributed by atoms with Crippen LogP contribution in [0.15, 0.2) is 55.0 Å². The Labute approximate surface area is 150 Å². The monoisotopic (exact) mass is 347 g/mol. The smallest absolute Gasteiger partial charge is 0.276 e. The zero-order valence-electron chi connectivity index (χ0n) is 14.4. The van der Waals surface area contributed by atoms with E-state index in [0.717, 1.165) is 5.56 Å². The zero-order valence-corrected chi connectivity index (χ0v) is 14.4. The van der Waals surface area contributed by atoms with Gasteiger partial charge in [-0.05, 0) is 43.3 Å². The van der Waals surface area contributed by atoms with Gasteiger partial charge < -0.3 is 10.6 Å². The number of aryl methyl sites for hydroxylation is 1. The van der Waals surface area contributed by atoms with E-state index in [1.165, 1.54) is 6.92 Å². The summed E-state index contributed by atoms with van der Waals surface area (Å²) in [4.78, 5) is 36.4. The third kappa shape index (κ3) is 4.07. The van der Waals surface area contributed by atoms with Gasteiger partial charge in [0.15, 0.2) is 0 Å². The van der Waals surface area contributed by atoms with Gasteiger partial charge in [-0.25, -0.2) is 4.98 Å². The van der Waals surface area contributed by atoms with Crippen molar-refractivity contribution in [2.75, 3.05) is 10.6 Å². The molecule has 0 saturated carbocycles. The fourth-order valence-corrected chi connectivity index (χ4v) is 2.35. The van der Waals surface area contributed by atoms with Crippen molar-refractivity contribution < 1.29 is 9.59 Å². The average Bonchev–Trinajstić information content (AvgIpc) is 2.64. The summed E-state index contributed by atoms with van der Waals surface area (Å²) in [7, 11) is 0. The van der Waals surface area contributed by atoms with Crippen LogP contribution in [0.25, 0.3) is 11.3 Å². The van der Waals surface area contributed by atoms with Gasteiger partial charge in [-0.15, -0.1) is 0 Å². The van der Waals surface area contributed by atoms with E-state index in [0.29, 0.717) is 22.8 Å². The second-order valence-electron chi connectivity index (χ2n) is 5.64. The van der Waals surface area contributed by atoms with Gasteiger partial charge in [0.05, 0.1) is 17.6 Å². The van der Waals surface area contributed by atoms with Crippen LogP contribution in [-0.4, -0.2) is 26.8 Å². The van der Waals surface area contributed by atoms with Crippen LogP contribution in [-0.2, 0) is 4.79 Å². The molecule has 0 aliphatic rings. The van der Waals surface area contributed by atoms with Crippen molar-refractivity contribution in [1.29, 1.82) is 0 Å². The molecule has 2 heterocycles. The van der Waals surface area contributed by atoms with Crippen LogP contribution < -0.4 is 10.6 Å². The molecule has 0 saturated heterocycles. The maximum absolute atomic E-state index is 12.6. The van der Waals surface area contributed by atoms with Gasteiger partial charge in [-0.3, -0.25) is 19.6 Å². The highest BCUT2D eigenvalue weighted by Gasteiger charge is 2.14. The Morgan fingerprint density at radius 2 is 1.65 bits per heavy atom. The molecule has 7 nitrogen and oxygen atoms in total. The van der Waals surface area contributed by atoms with Crippen molar-refractivity contribution in [2.24, 2.45) is 0 Å². The molecule has 0 atom stereocenters. The van der Waals surface area contributed by atoms with Gasteiger partial charge in [0, 0.05) is 36.3 Å². The molecular formula is C19H17N5O2.